The molecule has 2 fully saturated rings. The number of rotatable bonds is 3. The second kappa shape index (κ2) is 5.68. The Morgan fingerprint density at radius 2 is 1.65 bits per heavy atom. The van der Waals surface area contributed by atoms with Gasteiger partial charge in [-0.25, -0.2) is 0 Å². The smallest absolute Gasteiger partial charge is 0.0237 e. The minimum absolute atomic E-state index is 0.503. The molecule has 0 aliphatic carbocycles. The van der Waals surface area contributed by atoms with Crippen molar-refractivity contribution in [2.24, 2.45) is 5.92 Å². The van der Waals surface area contributed by atoms with E-state index in [9.17, 15) is 0 Å². The van der Waals surface area contributed by atoms with Crippen molar-refractivity contribution >= 4 is 0 Å². The highest BCUT2D eigenvalue weighted by Crippen LogP contribution is 2.34. The van der Waals surface area contributed by atoms with E-state index in [0.29, 0.717) is 5.54 Å². The summed E-state index contributed by atoms with van der Waals surface area (Å²) < 4.78 is 0. The molecule has 3 nitrogen and oxygen atoms in total. The number of piperazine rings is 1. The van der Waals surface area contributed by atoms with Gasteiger partial charge in [0.1, 0.15) is 0 Å². The Hall–Kier alpha value is -0.120. The minimum atomic E-state index is 0.503. The quantitative estimate of drug-likeness (QED) is 0.803. The molecule has 0 bridgehead atoms. The molecule has 17 heavy (non-hydrogen) atoms. The van der Waals surface area contributed by atoms with Gasteiger partial charge >= 0.3 is 0 Å². The van der Waals surface area contributed by atoms with Crippen LogP contribution in [0.25, 0.3) is 0 Å². The Balaban J connectivity index is 2.05. The lowest BCUT2D eigenvalue weighted by molar-refractivity contribution is 0.00397. The van der Waals surface area contributed by atoms with Gasteiger partial charge in [0.05, 0.1) is 0 Å². The zero-order chi connectivity index (χ0) is 12.3. The lowest BCUT2D eigenvalue weighted by atomic mass is 9.78. The minimum Gasteiger partial charge on any atom is -0.314 e. The van der Waals surface area contributed by atoms with E-state index in [2.05, 4.69) is 36.0 Å². The normalized spacial score (nSPS) is 27.5. The van der Waals surface area contributed by atoms with Crippen molar-refractivity contribution in [3.05, 3.63) is 0 Å². The van der Waals surface area contributed by atoms with Crippen molar-refractivity contribution in [2.75, 3.05) is 46.3 Å². The zero-order valence-corrected chi connectivity index (χ0v) is 11.8. The van der Waals surface area contributed by atoms with Gasteiger partial charge in [0.25, 0.3) is 0 Å². The largest absolute Gasteiger partial charge is 0.314 e. The third-order valence-electron chi connectivity index (χ3n) is 4.49. The van der Waals surface area contributed by atoms with Crippen LogP contribution in [0.5, 0.6) is 0 Å². The molecule has 0 amide bonds. The Kier molecular flexibility index (Phi) is 4.45. The van der Waals surface area contributed by atoms with E-state index in [1.54, 1.807) is 0 Å². The summed E-state index contributed by atoms with van der Waals surface area (Å²) in [5.74, 6) is 0.813. The molecule has 2 heterocycles. The van der Waals surface area contributed by atoms with E-state index in [4.69, 9.17) is 0 Å². The van der Waals surface area contributed by atoms with Crippen molar-refractivity contribution in [3.63, 3.8) is 0 Å². The average molecular weight is 239 g/mol. The van der Waals surface area contributed by atoms with Crippen LogP contribution in [0.2, 0.25) is 0 Å². The summed E-state index contributed by atoms with van der Waals surface area (Å²) in [5.41, 5.74) is 0.503. The van der Waals surface area contributed by atoms with Gasteiger partial charge in [-0.15, -0.1) is 0 Å². The summed E-state index contributed by atoms with van der Waals surface area (Å²) in [7, 11) is 2.26. The van der Waals surface area contributed by atoms with E-state index in [-0.39, 0.29) is 0 Å². The van der Waals surface area contributed by atoms with Gasteiger partial charge in [-0.1, -0.05) is 13.8 Å². The molecular formula is C14H29N3. The van der Waals surface area contributed by atoms with Crippen molar-refractivity contribution in [1.29, 1.82) is 0 Å². The molecule has 0 aromatic rings. The third kappa shape index (κ3) is 3.21. The summed E-state index contributed by atoms with van der Waals surface area (Å²) in [5, 5.41) is 3.48. The maximum Gasteiger partial charge on any atom is 0.0237 e. The number of hydrogen-bond acceptors (Lipinski definition) is 3. The molecule has 2 aliphatic rings. The number of piperidine rings is 1. The molecule has 0 saturated carbocycles. The van der Waals surface area contributed by atoms with Crippen LogP contribution < -0.4 is 5.32 Å². The molecule has 0 radical (unpaired) electrons. The van der Waals surface area contributed by atoms with Gasteiger partial charge in [0.15, 0.2) is 0 Å². The summed E-state index contributed by atoms with van der Waals surface area (Å²) in [4.78, 5) is 5.28. The van der Waals surface area contributed by atoms with E-state index in [1.165, 1.54) is 58.5 Å². The van der Waals surface area contributed by atoms with Crippen molar-refractivity contribution in [2.45, 2.75) is 38.6 Å². The van der Waals surface area contributed by atoms with Crippen LogP contribution in [0.3, 0.4) is 0 Å². The molecule has 0 atom stereocenters. The van der Waals surface area contributed by atoms with E-state index < -0.39 is 0 Å². The summed E-state index contributed by atoms with van der Waals surface area (Å²) in [6.07, 6.45) is 4.10. The van der Waals surface area contributed by atoms with Crippen LogP contribution in [-0.2, 0) is 0 Å². The van der Waals surface area contributed by atoms with Gasteiger partial charge in [-0.2, -0.15) is 0 Å². The Morgan fingerprint density at radius 3 is 2.18 bits per heavy atom. The van der Waals surface area contributed by atoms with Gasteiger partial charge < -0.3 is 10.2 Å². The van der Waals surface area contributed by atoms with Crippen LogP contribution in [0.15, 0.2) is 0 Å². The average Bonchev–Trinajstić information content (AvgIpc) is 2.33. The van der Waals surface area contributed by atoms with Gasteiger partial charge in [-0.3, -0.25) is 4.90 Å². The predicted molar refractivity (Wildman–Crippen MR) is 73.4 cm³/mol. The van der Waals surface area contributed by atoms with Gasteiger partial charge in [0.2, 0.25) is 0 Å². The fourth-order valence-corrected chi connectivity index (χ4v) is 3.58. The molecule has 2 rings (SSSR count). The SMILES string of the molecule is CC(C)CC1(N2CCNCC2)CCN(C)CC1. The van der Waals surface area contributed by atoms with Gasteiger partial charge in [0, 0.05) is 31.7 Å². The van der Waals surface area contributed by atoms with E-state index in [0.717, 1.165) is 5.92 Å². The summed E-state index contributed by atoms with van der Waals surface area (Å²) in [6, 6.07) is 0. The van der Waals surface area contributed by atoms with Crippen molar-refractivity contribution in [3.8, 4) is 0 Å². The third-order valence-corrected chi connectivity index (χ3v) is 4.49. The monoisotopic (exact) mass is 239 g/mol. The number of hydrogen-bond donors (Lipinski definition) is 1. The Labute approximate surface area is 107 Å². The van der Waals surface area contributed by atoms with Crippen LogP contribution in [0.1, 0.15) is 33.1 Å². The standard InChI is InChI=1S/C14H29N3/c1-13(2)12-14(4-8-16(3)9-5-14)17-10-6-15-7-11-17/h13,15H,4-12H2,1-3H3. The van der Waals surface area contributed by atoms with Crippen molar-refractivity contribution < 1.29 is 0 Å². The zero-order valence-electron chi connectivity index (χ0n) is 11.8. The molecule has 0 aromatic heterocycles. The first kappa shape index (κ1) is 13.3. The van der Waals surface area contributed by atoms with Gasteiger partial charge in [-0.05, 0) is 45.3 Å². The fourth-order valence-electron chi connectivity index (χ4n) is 3.58. The van der Waals surface area contributed by atoms with E-state index in [1.807, 2.05) is 0 Å². The number of nitrogens with zero attached hydrogens (tertiary/aromatic N) is 2. The first-order valence-corrected chi connectivity index (χ1v) is 7.27. The highest BCUT2D eigenvalue weighted by atomic mass is 15.3. The van der Waals surface area contributed by atoms with Crippen LogP contribution in [-0.4, -0.2) is 61.7 Å². The molecule has 3 heteroatoms. The molecule has 1 N–H and O–H groups in total. The molecule has 2 aliphatic heterocycles. The maximum absolute atomic E-state index is 3.48. The molecule has 0 spiro atoms. The van der Waals surface area contributed by atoms with Crippen molar-refractivity contribution in [1.82, 2.24) is 15.1 Å². The molecule has 0 aromatic carbocycles. The summed E-state index contributed by atoms with van der Waals surface area (Å²) >= 11 is 0. The second-order valence-corrected chi connectivity index (χ2v) is 6.36. The fraction of sp³-hybridized carbons (Fsp3) is 1.00. The lowest BCUT2D eigenvalue weighted by Crippen LogP contribution is -2.60. The first-order chi connectivity index (χ1) is 8.12. The Morgan fingerprint density at radius 1 is 1.06 bits per heavy atom. The molecular weight excluding hydrogens is 210 g/mol. The number of likely N-dealkylation sites (tertiary alicyclic amines) is 1. The van der Waals surface area contributed by atoms with Crippen LogP contribution in [0.4, 0.5) is 0 Å². The second-order valence-electron chi connectivity index (χ2n) is 6.36. The molecule has 0 unspecified atom stereocenters. The summed E-state index contributed by atoms with van der Waals surface area (Å²) in [6.45, 7) is 12.1. The first-order valence-electron chi connectivity index (χ1n) is 7.27. The number of nitrogens with one attached hydrogen (secondary N) is 1. The van der Waals surface area contributed by atoms with Crippen LogP contribution in [0, 0.1) is 5.92 Å². The van der Waals surface area contributed by atoms with Crippen LogP contribution >= 0.6 is 0 Å². The molecule has 2 saturated heterocycles. The topological polar surface area (TPSA) is 18.5 Å². The lowest BCUT2D eigenvalue weighted by Gasteiger charge is -2.51. The molecule has 100 valence electrons. The predicted octanol–water partition coefficient (Wildman–Crippen LogP) is 1.40. The van der Waals surface area contributed by atoms with E-state index >= 15 is 0 Å². The highest BCUT2D eigenvalue weighted by molar-refractivity contribution is 4.96. The maximum atomic E-state index is 3.48. The highest BCUT2D eigenvalue weighted by Gasteiger charge is 2.39. The Bertz CT molecular complexity index is 226.